The molecule has 0 bridgehead atoms. The van der Waals surface area contributed by atoms with Crippen LogP contribution in [0.3, 0.4) is 0 Å². The summed E-state index contributed by atoms with van der Waals surface area (Å²) in [5.41, 5.74) is 7.59. The average Bonchev–Trinajstić information content (AvgIpc) is 3.53. The van der Waals surface area contributed by atoms with Crippen molar-refractivity contribution in [3.05, 3.63) is 132 Å². The third-order valence-corrected chi connectivity index (χ3v) is 8.03. The predicted molar refractivity (Wildman–Crippen MR) is 165 cm³/mol. The third kappa shape index (κ3) is 3.03. The SMILES string of the molecule is N#Cc1ccc(C=N)cc1-n1c2ccc(-n3c4ccccc4c4ccccc43)cc2c2c3ccccc3ccc21. The van der Waals surface area contributed by atoms with Gasteiger partial charge in [-0.05, 0) is 64.9 Å². The van der Waals surface area contributed by atoms with Gasteiger partial charge in [-0.3, -0.25) is 0 Å². The molecule has 2 aromatic heterocycles. The first-order valence-electron chi connectivity index (χ1n) is 13.3. The quantitative estimate of drug-likeness (QED) is 0.237. The monoisotopic (exact) mass is 510 g/mol. The smallest absolute Gasteiger partial charge is 0.101 e. The normalized spacial score (nSPS) is 11.6. The molecule has 4 heteroatoms. The molecule has 0 aliphatic carbocycles. The van der Waals surface area contributed by atoms with Crippen LogP contribution in [0, 0.1) is 16.7 Å². The number of rotatable bonds is 3. The number of para-hydroxylation sites is 2. The fraction of sp³-hybridized carbons (Fsp3) is 0. The van der Waals surface area contributed by atoms with Crippen LogP contribution in [0.25, 0.3) is 65.8 Å². The summed E-state index contributed by atoms with van der Waals surface area (Å²) in [5.74, 6) is 0. The Morgan fingerprint density at radius 3 is 1.95 bits per heavy atom. The second kappa shape index (κ2) is 8.42. The van der Waals surface area contributed by atoms with Crippen molar-refractivity contribution in [2.45, 2.75) is 0 Å². The molecule has 4 nitrogen and oxygen atoms in total. The lowest BCUT2D eigenvalue weighted by atomic mass is 10.0. The second-order valence-electron chi connectivity index (χ2n) is 10.1. The first-order chi connectivity index (χ1) is 19.8. The number of nitrogens with one attached hydrogen (secondary N) is 1. The minimum Gasteiger partial charge on any atom is -0.309 e. The predicted octanol–water partition coefficient (Wildman–Crippen LogP) is 8.90. The molecule has 0 unspecified atom stereocenters. The Morgan fingerprint density at radius 1 is 0.575 bits per heavy atom. The molecule has 0 saturated carbocycles. The lowest BCUT2D eigenvalue weighted by Crippen LogP contribution is -1.99. The maximum absolute atomic E-state index is 10.0. The molecule has 0 aliphatic rings. The summed E-state index contributed by atoms with van der Waals surface area (Å²) in [6.45, 7) is 0. The molecule has 2 heterocycles. The van der Waals surface area contributed by atoms with Gasteiger partial charge in [-0.2, -0.15) is 5.26 Å². The lowest BCUT2D eigenvalue weighted by molar-refractivity contribution is 1.16. The highest BCUT2D eigenvalue weighted by Crippen LogP contribution is 2.40. The fourth-order valence-electron chi connectivity index (χ4n) is 6.30. The summed E-state index contributed by atoms with van der Waals surface area (Å²) in [7, 11) is 0. The highest BCUT2D eigenvalue weighted by atomic mass is 15.0. The highest BCUT2D eigenvalue weighted by Gasteiger charge is 2.19. The molecule has 8 rings (SSSR count). The molecule has 1 N–H and O–H groups in total. The zero-order valence-electron chi connectivity index (χ0n) is 21.5. The van der Waals surface area contributed by atoms with Crippen molar-refractivity contribution in [3.8, 4) is 17.4 Å². The van der Waals surface area contributed by atoms with E-state index in [4.69, 9.17) is 5.41 Å². The van der Waals surface area contributed by atoms with Gasteiger partial charge in [0.15, 0.2) is 0 Å². The van der Waals surface area contributed by atoms with Gasteiger partial charge in [0, 0.05) is 33.4 Å². The molecule has 0 radical (unpaired) electrons. The molecule has 0 fully saturated rings. The van der Waals surface area contributed by atoms with Gasteiger partial charge in [0.05, 0.1) is 33.3 Å². The average molecular weight is 511 g/mol. The number of hydrogen-bond donors (Lipinski definition) is 1. The summed E-state index contributed by atoms with van der Waals surface area (Å²) in [6.07, 6.45) is 1.33. The number of aromatic nitrogens is 2. The summed E-state index contributed by atoms with van der Waals surface area (Å²) in [5, 5.41) is 25.0. The van der Waals surface area contributed by atoms with Gasteiger partial charge in [-0.15, -0.1) is 0 Å². The van der Waals surface area contributed by atoms with Crippen LogP contribution in [0.2, 0.25) is 0 Å². The van der Waals surface area contributed by atoms with Crippen LogP contribution < -0.4 is 0 Å². The Bertz CT molecular complexity index is 2310. The van der Waals surface area contributed by atoms with Crippen LogP contribution in [0.5, 0.6) is 0 Å². The molecular weight excluding hydrogens is 488 g/mol. The second-order valence-corrected chi connectivity index (χ2v) is 10.1. The zero-order valence-corrected chi connectivity index (χ0v) is 21.5. The molecule has 6 aromatic carbocycles. The van der Waals surface area contributed by atoms with Crippen LogP contribution >= 0.6 is 0 Å². The zero-order chi connectivity index (χ0) is 26.8. The van der Waals surface area contributed by atoms with Crippen LogP contribution in [0.1, 0.15) is 11.1 Å². The van der Waals surface area contributed by atoms with Gasteiger partial charge >= 0.3 is 0 Å². The minimum absolute atomic E-state index is 0.573. The summed E-state index contributed by atoms with van der Waals surface area (Å²) in [4.78, 5) is 0. The van der Waals surface area contributed by atoms with Gasteiger partial charge < -0.3 is 14.5 Å². The molecular formula is C36H22N4. The first kappa shape index (κ1) is 22.3. The van der Waals surface area contributed by atoms with E-state index in [0.29, 0.717) is 5.56 Å². The maximum atomic E-state index is 10.0. The molecule has 0 amide bonds. The standard InChI is InChI=1S/C36H22N4/c37-21-23-13-14-25(22-38)35(19-23)40-33-18-16-26(20-30(33)36-27-8-2-1-7-24(27)15-17-34(36)40)39-31-11-5-3-9-28(31)29-10-4-6-12-32(29)39/h1-21,37H. The molecule has 40 heavy (non-hydrogen) atoms. The van der Waals surface area contributed by atoms with E-state index in [9.17, 15) is 5.26 Å². The Balaban J connectivity index is 1.54. The van der Waals surface area contributed by atoms with Crippen molar-refractivity contribution in [2.24, 2.45) is 0 Å². The molecule has 0 atom stereocenters. The largest absolute Gasteiger partial charge is 0.309 e. The number of nitrogens with zero attached hydrogens (tertiary/aromatic N) is 3. The number of hydrogen-bond acceptors (Lipinski definition) is 2. The first-order valence-corrected chi connectivity index (χ1v) is 13.3. The molecule has 0 aliphatic heterocycles. The Morgan fingerprint density at radius 2 is 1.23 bits per heavy atom. The lowest BCUT2D eigenvalue weighted by Gasteiger charge is -2.12. The van der Waals surface area contributed by atoms with Crippen LogP contribution in [-0.2, 0) is 0 Å². The summed E-state index contributed by atoms with van der Waals surface area (Å²) >= 11 is 0. The topological polar surface area (TPSA) is 57.5 Å². The Hall–Kier alpha value is -5.66. The number of benzene rings is 6. The number of nitriles is 1. The van der Waals surface area contributed by atoms with Crippen LogP contribution in [0.15, 0.2) is 121 Å². The molecule has 0 saturated heterocycles. The van der Waals surface area contributed by atoms with Crippen molar-refractivity contribution in [1.29, 1.82) is 10.7 Å². The van der Waals surface area contributed by atoms with Gasteiger partial charge in [0.2, 0.25) is 0 Å². The Labute approximate surface area is 230 Å². The number of fused-ring (bicyclic) bond motifs is 8. The fourth-order valence-corrected chi connectivity index (χ4v) is 6.30. The maximum Gasteiger partial charge on any atom is 0.101 e. The molecule has 8 aromatic rings. The van der Waals surface area contributed by atoms with Crippen molar-refractivity contribution in [1.82, 2.24) is 9.13 Å². The van der Waals surface area contributed by atoms with E-state index in [0.717, 1.165) is 38.7 Å². The van der Waals surface area contributed by atoms with Gasteiger partial charge in [-0.25, -0.2) is 0 Å². The third-order valence-electron chi connectivity index (χ3n) is 8.03. The van der Waals surface area contributed by atoms with E-state index in [2.05, 4.69) is 118 Å². The van der Waals surface area contributed by atoms with Crippen molar-refractivity contribution < 1.29 is 0 Å². The summed E-state index contributed by atoms with van der Waals surface area (Å²) in [6, 6.07) is 44.4. The van der Waals surface area contributed by atoms with E-state index in [1.807, 2.05) is 12.1 Å². The van der Waals surface area contributed by atoms with Crippen LogP contribution in [-0.4, -0.2) is 15.3 Å². The highest BCUT2D eigenvalue weighted by molar-refractivity contribution is 6.22. The van der Waals surface area contributed by atoms with Gasteiger partial charge in [0.25, 0.3) is 0 Å². The van der Waals surface area contributed by atoms with Gasteiger partial charge in [-0.1, -0.05) is 72.8 Å². The summed E-state index contributed by atoms with van der Waals surface area (Å²) < 4.78 is 4.52. The van der Waals surface area contributed by atoms with Crippen LogP contribution in [0.4, 0.5) is 0 Å². The van der Waals surface area contributed by atoms with Crippen molar-refractivity contribution in [3.63, 3.8) is 0 Å². The van der Waals surface area contributed by atoms with E-state index >= 15 is 0 Å². The van der Waals surface area contributed by atoms with Gasteiger partial charge in [0.1, 0.15) is 6.07 Å². The Kier molecular flexibility index (Phi) is 4.70. The van der Waals surface area contributed by atoms with E-state index in [1.54, 1.807) is 6.07 Å². The minimum atomic E-state index is 0.573. The molecule has 186 valence electrons. The van der Waals surface area contributed by atoms with E-state index < -0.39 is 0 Å². The van der Waals surface area contributed by atoms with Crippen molar-refractivity contribution >= 4 is 60.6 Å². The van der Waals surface area contributed by atoms with E-state index in [-0.39, 0.29) is 0 Å². The van der Waals surface area contributed by atoms with E-state index in [1.165, 1.54) is 38.8 Å². The molecule has 0 spiro atoms. The van der Waals surface area contributed by atoms with Crippen molar-refractivity contribution in [2.75, 3.05) is 0 Å².